The fraction of sp³-hybridized carbons (Fsp3) is 0.600. The zero-order valence-corrected chi connectivity index (χ0v) is 13.1. The van der Waals surface area contributed by atoms with Gasteiger partial charge in [-0.1, -0.05) is 35.7 Å². The van der Waals surface area contributed by atoms with E-state index in [-0.39, 0.29) is 0 Å². The summed E-state index contributed by atoms with van der Waals surface area (Å²) in [5, 5.41) is 4.85. The van der Waals surface area contributed by atoms with E-state index in [4.69, 9.17) is 23.2 Å². The Morgan fingerprint density at radius 3 is 2.79 bits per heavy atom. The Morgan fingerprint density at radius 2 is 2.11 bits per heavy atom. The van der Waals surface area contributed by atoms with Crippen molar-refractivity contribution in [3.8, 4) is 0 Å². The Labute approximate surface area is 126 Å². The molecule has 0 amide bonds. The van der Waals surface area contributed by atoms with Crippen molar-refractivity contribution >= 4 is 23.2 Å². The lowest BCUT2D eigenvalue weighted by Crippen LogP contribution is -2.43. The maximum atomic E-state index is 6.06. The first-order valence-electron chi connectivity index (χ1n) is 6.96. The summed E-state index contributed by atoms with van der Waals surface area (Å²) >= 11 is 12.0. The van der Waals surface area contributed by atoms with E-state index in [1.54, 1.807) is 0 Å². The quantitative estimate of drug-likeness (QED) is 0.899. The second-order valence-corrected chi connectivity index (χ2v) is 6.25. The lowest BCUT2D eigenvalue weighted by Gasteiger charge is -2.33. The Hall–Kier alpha value is -0.280. The highest BCUT2D eigenvalue weighted by Crippen LogP contribution is 2.25. The van der Waals surface area contributed by atoms with E-state index >= 15 is 0 Å². The molecule has 1 fully saturated rings. The Balaban J connectivity index is 1.89. The number of hydrogen-bond acceptors (Lipinski definition) is 2. The summed E-state index contributed by atoms with van der Waals surface area (Å²) in [4.78, 5) is 2.46. The minimum Gasteiger partial charge on any atom is -0.309 e. The smallest absolute Gasteiger partial charge is 0.0595 e. The molecule has 0 bridgehead atoms. The predicted molar refractivity (Wildman–Crippen MR) is 83.1 cm³/mol. The molecule has 106 valence electrons. The summed E-state index contributed by atoms with van der Waals surface area (Å²) in [6.45, 7) is 4.41. The predicted octanol–water partition coefficient (Wildman–Crippen LogP) is 4.13. The lowest BCUT2D eigenvalue weighted by molar-refractivity contribution is 0.178. The second-order valence-electron chi connectivity index (χ2n) is 5.43. The van der Waals surface area contributed by atoms with Crippen LogP contribution >= 0.6 is 23.2 Å². The Morgan fingerprint density at radius 1 is 1.32 bits per heavy atom. The van der Waals surface area contributed by atoms with E-state index < -0.39 is 0 Å². The zero-order chi connectivity index (χ0) is 13.8. The van der Waals surface area contributed by atoms with Crippen molar-refractivity contribution in [1.82, 2.24) is 10.2 Å². The standard InChI is InChI=1S/C15H22Cl2N2/c1-11(12-6-7-14(16)15(17)9-12)18-10-13-5-3-4-8-19(13)2/h6-7,9,11,13,18H,3-5,8,10H2,1-2H3. The summed E-state index contributed by atoms with van der Waals surface area (Å²) in [6, 6.07) is 6.80. The van der Waals surface area contributed by atoms with Gasteiger partial charge in [0.15, 0.2) is 0 Å². The minimum atomic E-state index is 0.296. The molecule has 0 spiro atoms. The molecule has 0 saturated carbocycles. The SMILES string of the molecule is CC(NCC1CCCCN1C)c1ccc(Cl)c(Cl)c1. The Bertz CT molecular complexity index is 423. The van der Waals surface area contributed by atoms with Crippen molar-refractivity contribution in [3.63, 3.8) is 0 Å². The summed E-state index contributed by atoms with van der Waals surface area (Å²) in [5.41, 5.74) is 1.19. The van der Waals surface area contributed by atoms with Gasteiger partial charge in [-0.05, 0) is 51.1 Å². The molecule has 1 saturated heterocycles. The van der Waals surface area contributed by atoms with Gasteiger partial charge in [-0.2, -0.15) is 0 Å². The number of nitrogens with one attached hydrogen (secondary N) is 1. The van der Waals surface area contributed by atoms with Crippen LogP contribution < -0.4 is 5.32 Å². The second kappa shape index (κ2) is 6.94. The third-order valence-electron chi connectivity index (χ3n) is 4.02. The number of likely N-dealkylation sites (tertiary alicyclic amines) is 1. The first-order chi connectivity index (χ1) is 9.08. The van der Waals surface area contributed by atoms with Crippen LogP contribution in [0.1, 0.15) is 37.8 Å². The van der Waals surface area contributed by atoms with Crippen LogP contribution in [0.15, 0.2) is 18.2 Å². The van der Waals surface area contributed by atoms with Crippen LogP contribution in [0, 0.1) is 0 Å². The fourth-order valence-electron chi connectivity index (χ4n) is 2.61. The third kappa shape index (κ3) is 4.09. The van der Waals surface area contributed by atoms with Gasteiger partial charge in [0.25, 0.3) is 0 Å². The molecule has 1 aromatic carbocycles. The molecule has 1 heterocycles. The van der Waals surface area contributed by atoms with Crippen molar-refractivity contribution in [2.24, 2.45) is 0 Å². The van der Waals surface area contributed by atoms with Crippen molar-refractivity contribution in [2.45, 2.75) is 38.3 Å². The molecular weight excluding hydrogens is 279 g/mol. The van der Waals surface area contributed by atoms with Crippen LogP contribution in [-0.2, 0) is 0 Å². The third-order valence-corrected chi connectivity index (χ3v) is 4.76. The normalized spacial score (nSPS) is 22.4. The van der Waals surface area contributed by atoms with Gasteiger partial charge >= 0.3 is 0 Å². The molecule has 0 radical (unpaired) electrons. The average Bonchev–Trinajstić information content (AvgIpc) is 2.40. The van der Waals surface area contributed by atoms with E-state index in [0.717, 1.165) is 6.54 Å². The van der Waals surface area contributed by atoms with Gasteiger partial charge in [0.2, 0.25) is 0 Å². The van der Waals surface area contributed by atoms with E-state index in [9.17, 15) is 0 Å². The molecule has 1 aromatic rings. The fourth-order valence-corrected chi connectivity index (χ4v) is 2.92. The number of benzene rings is 1. The number of rotatable bonds is 4. The largest absolute Gasteiger partial charge is 0.309 e. The van der Waals surface area contributed by atoms with Gasteiger partial charge in [-0.3, -0.25) is 0 Å². The molecule has 0 aliphatic carbocycles. The number of hydrogen-bond donors (Lipinski definition) is 1. The van der Waals surface area contributed by atoms with Gasteiger partial charge in [-0.15, -0.1) is 0 Å². The number of nitrogens with zero attached hydrogens (tertiary/aromatic N) is 1. The number of piperidine rings is 1. The molecule has 0 aromatic heterocycles. The van der Waals surface area contributed by atoms with Crippen molar-refractivity contribution in [1.29, 1.82) is 0 Å². The van der Waals surface area contributed by atoms with Gasteiger partial charge in [-0.25, -0.2) is 0 Å². The van der Waals surface area contributed by atoms with Gasteiger partial charge in [0.05, 0.1) is 10.0 Å². The first-order valence-corrected chi connectivity index (χ1v) is 7.72. The van der Waals surface area contributed by atoms with E-state index in [1.165, 1.54) is 31.4 Å². The monoisotopic (exact) mass is 300 g/mol. The van der Waals surface area contributed by atoms with Crippen molar-refractivity contribution in [3.05, 3.63) is 33.8 Å². The molecule has 19 heavy (non-hydrogen) atoms. The van der Waals surface area contributed by atoms with Crippen LogP contribution in [-0.4, -0.2) is 31.1 Å². The first kappa shape index (κ1) is 15.1. The van der Waals surface area contributed by atoms with Crippen LogP contribution in [0.4, 0.5) is 0 Å². The average molecular weight is 301 g/mol. The van der Waals surface area contributed by atoms with Crippen LogP contribution in [0.2, 0.25) is 10.0 Å². The number of halogens is 2. The highest BCUT2D eigenvalue weighted by molar-refractivity contribution is 6.42. The summed E-state index contributed by atoms with van der Waals surface area (Å²) in [6.07, 6.45) is 3.96. The molecule has 2 atom stereocenters. The molecular formula is C15H22Cl2N2. The molecule has 2 nitrogen and oxygen atoms in total. The van der Waals surface area contributed by atoms with Crippen molar-refractivity contribution in [2.75, 3.05) is 20.1 Å². The van der Waals surface area contributed by atoms with E-state index in [2.05, 4.69) is 24.2 Å². The van der Waals surface area contributed by atoms with Gasteiger partial charge in [0.1, 0.15) is 0 Å². The lowest BCUT2D eigenvalue weighted by atomic mass is 10.0. The van der Waals surface area contributed by atoms with E-state index in [0.29, 0.717) is 22.1 Å². The molecule has 1 aliphatic rings. The van der Waals surface area contributed by atoms with Crippen molar-refractivity contribution < 1.29 is 0 Å². The minimum absolute atomic E-state index is 0.296. The van der Waals surface area contributed by atoms with Crippen LogP contribution in [0.5, 0.6) is 0 Å². The van der Waals surface area contributed by atoms with Gasteiger partial charge < -0.3 is 10.2 Å². The highest BCUT2D eigenvalue weighted by Gasteiger charge is 2.19. The highest BCUT2D eigenvalue weighted by atomic mass is 35.5. The summed E-state index contributed by atoms with van der Waals surface area (Å²) in [5.74, 6) is 0. The molecule has 1 N–H and O–H groups in total. The summed E-state index contributed by atoms with van der Waals surface area (Å²) < 4.78 is 0. The maximum Gasteiger partial charge on any atom is 0.0595 e. The zero-order valence-electron chi connectivity index (χ0n) is 11.6. The van der Waals surface area contributed by atoms with Gasteiger partial charge in [0, 0.05) is 18.6 Å². The molecule has 2 rings (SSSR count). The Kier molecular flexibility index (Phi) is 5.52. The van der Waals surface area contributed by atoms with Crippen LogP contribution in [0.3, 0.4) is 0 Å². The van der Waals surface area contributed by atoms with Crippen LogP contribution in [0.25, 0.3) is 0 Å². The molecule has 1 aliphatic heterocycles. The number of likely N-dealkylation sites (N-methyl/N-ethyl adjacent to an activating group) is 1. The maximum absolute atomic E-state index is 6.06. The van der Waals surface area contributed by atoms with E-state index in [1.807, 2.05) is 18.2 Å². The summed E-state index contributed by atoms with van der Waals surface area (Å²) in [7, 11) is 2.22. The molecule has 2 unspecified atom stereocenters. The topological polar surface area (TPSA) is 15.3 Å². The molecule has 4 heteroatoms.